The van der Waals surface area contributed by atoms with Crippen molar-refractivity contribution < 1.29 is 4.79 Å². The molecule has 1 saturated heterocycles. The summed E-state index contributed by atoms with van der Waals surface area (Å²) in [6.45, 7) is 4.73. The molecule has 1 aromatic carbocycles. The summed E-state index contributed by atoms with van der Waals surface area (Å²) in [4.78, 5) is 16.9. The number of hydrogen-bond donors (Lipinski definition) is 0. The molecule has 1 heterocycles. The van der Waals surface area contributed by atoms with Crippen molar-refractivity contribution in [3.63, 3.8) is 0 Å². The number of benzene rings is 1. The van der Waals surface area contributed by atoms with Crippen molar-refractivity contribution in [3.05, 3.63) is 46.5 Å². The number of halogens is 1. The minimum atomic E-state index is 0.122. The van der Waals surface area contributed by atoms with Crippen molar-refractivity contribution in [3.8, 4) is 0 Å². The third-order valence-electron chi connectivity index (χ3n) is 4.88. The predicted molar refractivity (Wildman–Crippen MR) is 95.0 cm³/mol. The lowest BCUT2D eigenvalue weighted by molar-refractivity contribution is 0.0638. The highest BCUT2D eigenvalue weighted by Gasteiger charge is 2.22. The Morgan fingerprint density at radius 1 is 1.04 bits per heavy atom. The van der Waals surface area contributed by atoms with Crippen LogP contribution < -0.4 is 0 Å². The molecule has 0 spiro atoms. The lowest BCUT2D eigenvalue weighted by atomic mass is 9.97. The average Bonchev–Trinajstić information content (AvgIpc) is 2.61. The number of nitrogens with zero attached hydrogens (tertiary/aromatic N) is 2. The molecular weight excluding hydrogens is 308 g/mol. The molecule has 3 rings (SSSR count). The summed E-state index contributed by atoms with van der Waals surface area (Å²) in [5.41, 5.74) is 2.37. The van der Waals surface area contributed by atoms with Crippen LogP contribution in [-0.4, -0.2) is 48.4 Å². The first-order valence-corrected chi connectivity index (χ1v) is 9.05. The quantitative estimate of drug-likeness (QED) is 0.778. The van der Waals surface area contributed by atoms with Crippen LogP contribution in [0, 0.1) is 0 Å². The lowest BCUT2D eigenvalue weighted by Crippen LogP contribution is -2.48. The van der Waals surface area contributed by atoms with E-state index in [2.05, 4.69) is 11.0 Å². The molecule has 0 N–H and O–H groups in total. The fourth-order valence-electron chi connectivity index (χ4n) is 3.38. The van der Waals surface area contributed by atoms with Crippen molar-refractivity contribution in [2.45, 2.75) is 32.1 Å². The van der Waals surface area contributed by atoms with Gasteiger partial charge in [-0.15, -0.1) is 0 Å². The molecule has 1 aromatic rings. The summed E-state index contributed by atoms with van der Waals surface area (Å²) in [6, 6.07) is 7.19. The fraction of sp³-hybridized carbons (Fsp3) is 0.526. The molecule has 23 heavy (non-hydrogen) atoms. The van der Waals surface area contributed by atoms with E-state index in [0.29, 0.717) is 5.02 Å². The standard InChI is InChI=1S/C19H25ClN2O/c20-18-8-6-17(7-9-18)19(23)22-14-12-21(13-15-22)11-10-16-4-2-1-3-5-16/h4,6-9H,1-3,5,10-15H2. The Hall–Kier alpha value is -1.32. The minimum Gasteiger partial charge on any atom is -0.336 e. The van der Waals surface area contributed by atoms with E-state index < -0.39 is 0 Å². The van der Waals surface area contributed by atoms with E-state index in [1.807, 2.05) is 17.0 Å². The largest absolute Gasteiger partial charge is 0.336 e. The van der Waals surface area contributed by atoms with Crippen molar-refractivity contribution >= 4 is 17.5 Å². The Balaban J connectivity index is 1.45. The van der Waals surface area contributed by atoms with Crippen molar-refractivity contribution in [1.29, 1.82) is 0 Å². The Morgan fingerprint density at radius 3 is 2.43 bits per heavy atom. The maximum atomic E-state index is 12.5. The summed E-state index contributed by atoms with van der Waals surface area (Å²) >= 11 is 5.88. The number of rotatable bonds is 4. The monoisotopic (exact) mass is 332 g/mol. The Morgan fingerprint density at radius 2 is 1.78 bits per heavy atom. The number of allylic oxidation sites excluding steroid dienone is 1. The van der Waals surface area contributed by atoms with Gasteiger partial charge in [-0.25, -0.2) is 0 Å². The van der Waals surface area contributed by atoms with Crippen LogP contribution in [0.2, 0.25) is 5.02 Å². The Labute approximate surface area is 143 Å². The number of hydrogen-bond acceptors (Lipinski definition) is 2. The highest BCUT2D eigenvalue weighted by molar-refractivity contribution is 6.30. The first kappa shape index (κ1) is 16.5. The summed E-state index contributed by atoms with van der Waals surface area (Å²) in [5, 5.41) is 0.670. The van der Waals surface area contributed by atoms with E-state index >= 15 is 0 Å². The van der Waals surface area contributed by atoms with E-state index in [0.717, 1.165) is 38.3 Å². The van der Waals surface area contributed by atoms with Gasteiger partial charge in [0.1, 0.15) is 0 Å². The normalized spacial score (nSPS) is 19.5. The van der Waals surface area contributed by atoms with Gasteiger partial charge >= 0.3 is 0 Å². The molecule has 0 bridgehead atoms. The zero-order valence-corrected chi connectivity index (χ0v) is 14.4. The van der Waals surface area contributed by atoms with Crippen LogP contribution in [0.5, 0.6) is 0 Å². The Bertz CT molecular complexity index is 559. The van der Waals surface area contributed by atoms with E-state index in [4.69, 9.17) is 11.6 Å². The predicted octanol–water partition coefficient (Wildman–Crippen LogP) is 3.99. The fourth-order valence-corrected chi connectivity index (χ4v) is 3.51. The molecule has 0 atom stereocenters. The molecule has 0 aromatic heterocycles. The van der Waals surface area contributed by atoms with Crippen molar-refractivity contribution in [1.82, 2.24) is 9.80 Å². The number of amides is 1. The van der Waals surface area contributed by atoms with Gasteiger partial charge in [-0.05, 0) is 56.4 Å². The van der Waals surface area contributed by atoms with Gasteiger partial charge in [0.15, 0.2) is 0 Å². The van der Waals surface area contributed by atoms with Gasteiger partial charge in [0.2, 0.25) is 0 Å². The smallest absolute Gasteiger partial charge is 0.253 e. The SMILES string of the molecule is O=C(c1ccc(Cl)cc1)N1CCN(CCC2=CCCCC2)CC1. The molecule has 1 amide bonds. The molecule has 2 aliphatic rings. The van der Waals surface area contributed by atoms with Gasteiger partial charge < -0.3 is 4.90 Å². The number of carbonyl (C=O) groups excluding carboxylic acids is 1. The summed E-state index contributed by atoms with van der Waals surface area (Å²) in [7, 11) is 0. The molecule has 0 unspecified atom stereocenters. The second-order valence-electron chi connectivity index (χ2n) is 6.50. The third kappa shape index (κ3) is 4.58. The molecule has 0 saturated carbocycles. The van der Waals surface area contributed by atoms with Gasteiger partial charge in [-0.3, -0.25) is 9.69 Å². The van der Waals surface area contributed by atoms with Gasteiger partial charge in [-0.2, -0.15) is 0 Å². The van der Waals surface area contributed by atoms with Crippen LogP contribution in [0.25, 0.3) is 0 Å². The highest BCUT2D eigenvalue weighted by atomic mass is 35.5. The molecular formula is C19H25ClN2O. The van der Waals surface area contributed by atoms with Gasteiger partial charge in [0, 0.05) is 43.3 Å². The summed E-state index contributed by atoms with van der Waals surface area (Å²) in [6.07, 6.45) is 8.90. The highest BCUT2D eigenvalue weighted by Crippen LogP contribution is 2.20. The van der Waals surface area contributed by atoms with E-state index in [-0.39, 0.29) is 5.91 Å². The molecule has 1 aliphatic heterocycles. The van der Waals surface area contributed by atoms with Crippen LogP contribution >= 0.6 is 11.6 Å². The minimum absolute atomic E-state index is 0.122. The molecule has 3 nitrogen and oxygen atoms in total. The molecule has 124 valence electrons. The van der Waals surface area contributed by atoms with Crippen molar-refractivity contribution in [2.24, 2.45) is 0 Å². The number of piperazine rings is 1. The van der Waals surface area contributed by atoms with Crippen LogP contribution in [0.4, 0.5) is 0 Å². The molecule has 1 aliphatic carbocycles. The summed E-state index contributed by atoms with van der Waals surface area (Å²) in [5.74, 6) is 0.122. The van der Waals surface area contributed by atoms with Gasteiger partial charge in [0.25, 0.3) is 5.91 Å². The van der Waals surface area contributed by atoms with E-state index in [1.165, 1.54) is 32.1 Å². The second kappa shape index (κ2) is 7.98. The van der Waals surface area contributed by atoms with Crippen LogP contribution in [0.3, 0.4) is 0 Å². The maximum Gasteiger partial charge on any atom is 0.253 e. The molecule has 0 radical (unpaired) electrons. The lowest BCUT2D eigenvalue weighted by Gasteiger charge is -2.35. The van der Waals surface area contributed by atoms with E-state index in [1.54, 1.807) is 17.7 Å². The topological polar surface area (TPSA) is 23.6 Å². The van der Waals surface area contributed by atoms with Crippen LogP contribution in [-0.2, 0) is 0 Å². The maximum absolute atomic E-state index is 12.5. The molecule has 4 heteroatoms. The number of carbonyl (C=O) groups is 1. The zero-order valence-electron chi connectivity index (χ0n) is 13.6. The van der Waals surface area contributed by atoms with Gasteiger partial charge in [0.05, 0.1) is 0 Å². The Kier molecular flexibility index (Phi) is 5.74. The average molecular weight is 333 g/mol. The third-order valence-corrected chi connectivity index (χ3v) is 5.14. The zero-order chi connectivity index (χ0) is 16.1. The molecule has 1 fully saturated rings. The summed E-state index contributed by atoms with van der Waals surface area (Å²) < 4.78 is 0. The van der Waals surface area contributed by atoms with Crippen LogP contribution in [0.1, 0.15) is 42.5 Å². The second-order valence-corrected chi connectivity index (χ2v) is 6.94. The van der Waals surface area contributed by atoms with E-state index in [9.17, 15) is 4.79 Å². The first-order chi connectivity index (χ1) is 11.2. The van der Waals surface area contributed by atoms with Crippen LogP contribution in [0.15, 0.2) is 35.9 Å². The van der Waals surface area contributed by atoms with Crippen molar-refractivity contribution in [2.75, 3.05) is 32.7 Å². The first-order valence-electron chi connectivity index (χ1n) is 8.67. The van der Waals surface area contributed by atoms with Gasteiger partial charge in [-0.1, -0.05) is 23.3 Å².